The molecule has 1 aromatic rings. The molecule has 1 aliphatic rings. The van der Waals surface area contributed by atoms with Crippen LogP contribution < -0.4 is 14.8 Å². The summed E-state index contributed by atoms with van der Waals surface area (Å²) in [5, 5.41) is 2.84. The van der Waals surface area contributed by atoms with Crippen LogP contribution in [0, 0.1) is 0 Å². The molecule has 22 heavy (non-hydrogen) atoms. The average molecular weight is 324 g/mol. The molecule has 120 valence electrons. The van der Waals surface area contributed by atoms with Crippen molar-refractivity contribution in [1.29, 1.82) is 0 Å². The van der Waals surface area contributed by atoms with E-state index in [0.29, 0.717) is 37.6 Å². The fraction of sp³-hybridized carbons (Fsp3) is 0.467. The Balaban J connectivity index is 1.61. The number of amides is 2. The number of para-hydroxylation sites is 2. The van der Waals surface area contributed by atoms with Crippen LogP contribution in [0.15, 0.2) is 24.3 Å². The minimum atomic E-state index is -0.0756. The molecule has 0 radical (unpaired) electrons. The van der Waals surface area contributed by atoms with E-state index in [1.165, 1.54) is 11.8 Å². The van der Waals surface area contributed by atoms with Gasteiger partial charge in [0.05, 0.1) is 13.7 Å². The van der Waals surface area contributed by atoms with Gasteiger partial charge in [0.2, 0.25) is 5.91 Å². The molecule has 1 saturated heterocycles. The van der Waals surface area contributed by atoms with Crippen molar-refractivity contribution in [1.82, 2.24) is 10.2 Å². The molecule has 0 saturated carbocycles. The van der Waals surface area contributed by atoms with Crippen molar-refractivity contribution in [2.24, 2.45) is 0 Å². The summed E-state index contributed by atoms with van der Waals surface area (Å²) in [6.45, 7) is 1.99. The monoisotopic (exact) mass is 324 g/mol. The zero-order valence-corrected chi connectivity index (χ0v) is 13.4. The van der Waals surface area contributed by atoms with E-state index in [1.807, 2.05) is 24.3 Å². The normalized spacial score (nSPS) is 14.0. The maximum Gasteiger partial charge on any atom is 0.281 e. The number of carbonyl (C=O) groups excluding carboxylic acids is 2. The molecule has 1 heterocycles. The molecule has 0 aromatic heterocycles. The Hall–Kier alpha value is -1.89. The van der Waals surface area contributed by atoms with Gasteiger partial charge in [-0.1, -0.05) is 23.9 Å². The van der Waals surface area contributed by atoms with Crippen LogP contribution in [0.2, 0.25) is 0 Å². The molecule has 1 fully saturated rings. The first kappa shape index (κ1) is 16.5. The van der Waals surface area contributed by atoms with Crippen LogP contribution in [-0.2, 0) is 4.79 Å². The number of rotatable bonds is 8. The van der Waals surface area contributed by atoms with Gasteiger partial charge >= 0.3 is 0 Å². The van der Waals surface area contributed by atoms with Crippen molar-refractivity contribution in [3.05, 3.63) is 24.3 Å². The molecule has 0 aliphatic carbocycles. The number of benzene rings is 1. The van der Waals surface area contributed by atoms with Gasteiger partial charge in [0, 0.05) is 25.3 Å². The molecule has 1 N–H and O–H groups in total. The number of thioether (sulfide) groups is 1. The second kappa shape index (κ2) is 8.53. The maximum atomic E-state index is 11.7. The highest BCUT2D eigenvalue weighted by Gasteiger charge is 2.21. The number of carbonyl (C=O) groups is 2. The molecule has 6 nitrogen and oxygen atoms in total. The van der Waals surface area contributed by atoms with Gasteiger partial charge in [-0.15, -0.1) is 0 Å². The number of nitrogens with one attached hydrogen (secondary N) is 1. The molecule has 0 bridgehead atoms. The van der Waals surface area contributed by atoms with Crippen LogP contribution in [0.1, 0.15) is 6.42 Å². The van der Waals surface area contributed by atoms with E-state index in [-0.39, 0.29) is 11.1 Å². The predicted octanol–water partition coefficient (Wildman–Crippen LogP) is 1.75. The Morgan fingerprint density at radius 3 is 2.82 bits per heavy atom. The summed E-state index contributed by atoms with van der Waals surface area (Å²) in [5.74, 6) is 2.05. The second-order valence-electron chi connectivity index (χ2n) is 4.70. The SMILES string of the molecule is COc1ccccc1OCCNC(=O)CCN1CCSC1=O. The van der Waals surface area contributed by atoms with Crippen LogP contribution in [0.25, 0.3) is 0 Å². The van der Waals surface area contributed by atoms with E-state index < -0.39 is 0 Å². The van der Waals surface area contributed by atoms with E-state index >= 15 is 0 Å². The van der Waals surface area contributed by atoms with Crippen LogP contribution in [-0.4, -0.2) is 55.2 Å². The Bertz CT molecular complexity index is 524. The molecular formula is C15H20N2O4S. The summed E-state index contributed by atoms with van der Waals surface area (Å²) >= 11 is 1.30. The third kappa shape index (κ3) is 4.84. The largest absolute Gasteiger partial charge is 0.493 e. The molecule has 0 spiro atoms. The third-order valence-electron chi connectivity index (χ3n) is 3.20. The zero-order valence-electron chi connectivity index (χ0n) is 12.5. The minimum Gasteiger partial charge on any atom is -0.493 e. The number of nitrogens with zero attached hydrogens (tertiary/aromatic N) is 1. The Kier molecular flexibility index (Phi) is 6.39. The lowest BCUT2D eigenvalue weighted by molar-refractivity contribution is -0.121. The fourth-order valence-corrected chi connectivity index (χ4v) is 2.89. The number of hydrogen-bond acceptors (Lipinski definition) is 5. The number of hydrogen-bond donors (Lipinski definition) is 1. The van der Waals surface area contributed by atoms with Gasteiger partial charge in [-0.05, 0) is 12.1 Å². The number of methoxy groups -OCH3 is 1. The van der Waals surface area contributed by atoms with Gasteiger partial charge in [0.15, 0.2) is 11.5 Å². The molecule has 2 amide bonds. The van der Waals surface area contributed by atoms with Crippen LogP contribution in [0.4, 0.5) is 4.79 Å². The Morgan fingerprint density at radius 2 is 2.14 bits per heavy atom. The van der Waals surface area contributed by atoms with Gasteiger partial charge in [-0.2, -0.15) is 0 Å². The van der Waals surface area contributed by atoms with Gasteiger partial charge in [0.1, 0.15) is 6.61 Å². The van der Waals surface area contributed by atoms with Crippen molar-refractivity contribution < 1.29 is 19.1 Å². The highest BCUT2D eigenvalue weighted by molar-refractivity contribution is 8.13. The zero-order chi connectivity index (χ0) is 15.8. The Morgan fingerprint density at radius 1 is 1.36 bits per heavy atom. The van der Waals surface area contributed by atoms with Crippen molar-refractivity contribution in [3.8, 4) is 11.5 Å². The first-order valence-electron chi connectivity index (χ1n) is 7.15. The second-order valence-corrected chi connectivity index (χ2v) is 5.75. The van der Waals surface area contributed by atoms with E-state index in [1.54, 1.807) is 12.0 Å². The highest BCUT2D eigenvalue weighted by Crippen LogP contribution is 2.25. The fourth-order valence-electron chi connectivity index (χ4n) is 2.04. The lowest BCUT2D eigenvalue weighted by Gasteiger charge is -2.14. The van der Waals surface area contributed by atoms with E-state index in [4.69, 9.17) is 9.47 Å². The molecular weight excluding hydrogens is 304 g/mol. The van der Waals surface area contributed by atoms with Crippen molar-refractivity contribution in [2.75, 3.05) is 39.1 Å². The topological polar surface area (TPSA) is 67.9 Å². The third-order valence-corrected chi connectivity index (χ3v) is 4.10. The lowest BCUT2D eigenvalue weighted by Crippen LogP contribution is -2.32. The summed E-state index contributed by atoms with van der Waals surface area (Å²) in [6, 6.07) is 7.36. The smallest absolute Gasteiger partial charge is 0.281 e. The first-order chi connectivity index (χ1) is 10.7. The molecule has 1 aromatic carbocycles. The van der Waals surface area contributed by atoms with Crippen LogP contribution >= 0.6 is 11.8 Å². The van der Waals surface area contributed by atoms with Crippen LogP contribution in [0.5, 0.6) is 11.5 Å². The van der Waals surface area contributed by atoms with E-state index in [2.05, 4.69) is 5.32 Å². The summed E-state index contributed by atoms with van der Waals surface area (Å²) in [6.07, 6.45) is 0.320. The van der Waals surface area contributed by atoms with Gasteiger partial charge < -0.3 is 19.7 Å². The standard InChI is InChI=1S/C15H20N2O4S/c1-20-12-4-2-3-5-13(12)21-10-7-16-14(18)6-8-17-9-11-22-15(17)19/h2-5H,6-11H2,1H3,(H,16,18). The van der Waals surface area contributed by atoms with Crippen molar-refractivity contribution in [3.63, 3.8) is 0 Å². The summed E-state index contributed by atoms with van der Waals surface area (Å²) in [5.41, 5.74) is 0. The lowest BCUT2D eigenvalue weighted by atomic mass is 10.3. The number of ether oxygens (including phenoxy) is 2. The summed E-state index contributed by atoms with van der Waals surface area (Å²) in [7, 11) is 1.59. The van der Waals surface area contributed by atoms with E-state index in [9.17, 15) is 9.59 Å². The molecule has 0 unspecified atom stereocenters. The van der Waals surface area contributed by atoms with E-state index in [0.717, 1.165) is 12.3 Å². The highest BCUT2D eigenvalue weighted by atomic mass is 32.2. The predicted molar refractivity (Wildman–Crippen MR) is 85.5 cm³/mol. The molecule has 0 atom stereocenters. The minimum absolute atomic E-state index is 0.0623. The molecule has 7 heteroatoms. The van der Waals surface area contributed by atoms with Gasteiger partial charge in [-0.25, -0.2) is 0 Å². The maximum absolute atomic E-state index is 11.7. The summed E-state index contributed by atoms with van der Waals surface area (Å²) in [4.78, 5) is 24.8. The molecule has 2 rings (SSSR count). The van der Waals surface area contributed by atoms with Gasteiger partial charge in [0.25, 0.3) is 5.24 Å². The van der Waals surface area contributed by atoms with Crippen molar-refractivity contribution >= 4 is 22.9 Å². The molecule has 1 aliphatic heterocycles. The Labute approximate surface area is 134 Å². The van der Waals surface area contributed by atoms with Crippen LogP contribution in [0.3, 0.4) is 0 Å². The van der Waals surface area contributed by atoms with Crippen molar-refractivity contribution in [2.45, 2.75) is 6.42 Å². The quantitative estimate of drug-likeness (QED) is 0.738. The van der Waals surface area contributed by atoms with Gasteiger partial charge in [-0.3, -0.25) is 9.59 Å². The average Bonchev–Trinajstić information content (AvgIpc) is 2.95. The summed E-state index contributed by atoms with van der Waals surface area (Å²) < 4.78 is 10.7. The first-order valence-corrected chi connectivity index (χ1v) is 8.13.